The van der Waals surface area contributed by atoms with Crippen LogP contribution in [0, 0.1) is 0 Å². The molecule has 0 bridgehead atoms. The number of carbonyl (C=O) groups is 2. The molecule has 0 aromatic carbocycles. The molecule has 1 saturated heterocycles. The lowest BCUT2D eigenvalue weighted by Gasteiger charge is -2.46. The summed E-state index contributed by atoms with van der Waals surface area (Å²) in [5.74, 6) is -1.01. The van der Waals surface area contributed by atoms with Gasteiger partial charge in [0, 0.05) is 6.20 Å². The Bertz CT molecular complexity index is 471. The van der Waals surface area contributed by atoms with Crippen LogP contribution in [0.4, 0.5) is 10.5 Å². The van der Waals surface area contributed by atoms with Gasteiger partial charge in [-0.1, -0.05) is 0 Å². The number of carbonyl (C=O) groups excluding carboxylic acids is 1. The van der Waals surface area contributed by atoms with Gasteiger partial charge in [-0.3, -0.25) is 4.98 Å². The van der Waals surface area contributed by atoms with Crippen molar-refractivity contribution in [3.8, 4) is 0 Å². The fourth-order valence-corrected chi connectivity index (χ4v) is 1.87. The maximum atomic E-state index is 11.8. The van der Waals surface area contributed by atoms with Gasteiger partial charge in [0.25, 0.3) is 0 Å². The fourth-order valence-electron chi connectivity index (χ4n) is 1.87. The number of rotatable bonds is 4. The molecule has 2 rings (SSSR count). The molecule has 0 atom stereocenters. The van der Waals surface area contributed by atoms with E-state index in [1.54, 1.807) is 36.4 Å². The topological polar surface area (TPSA) is 91.8 Å². The summed E-state index contributed by atoms with van der Waals surface area (Å²) in [6, 6.07) is 3.22. The number of nitrogens with one attached hydrogen (secondary N) is 1. The molecule has 1 aromatic rings. The number of pyridine rings is 1. The normalized spacial score (nSPS) is 16.6. The van der Waals surface area contributed by atoms with Crippen molar-refractivity contribution in [1.82, 2.24) is 9.88 Å². The van der Waals surface area contributed by atoms with Crippen LogP contribution in [0.5, 0.6) is 0 Å². The number of nitrogens with zero attached hydrogens (tertiary/aromatic N) is 2. The Kier molecular flexibility index (Phi) is 3.66. The average molecular weight is 265 g/mol. The first-order valence-electron chi connectivity index (χ1n) is 5.80. The van der Waals surface area contributed by atoms with E-state index in [4.69, 9.17) is 9.84 Å². The first kappa shape index (κ1) is 13.3. The second-order valence-electron chi connectivity index (χ2n) is 4.66. The van der Waals surface area contributed by atoms with Crippen molar-refractivity contribution in [2.24, 2.45) is 0 Å². The number of aromatic nitrogens is 1. The number of carboxylic acids is 1. The van der Waals surface area contributed by atoms with Gasteiger partial charge < -0.3 is 20.1 Å². The van der Waals surface area contributed by atoms with Crippen LogP contribution in [-0.2, 0) is 9.53 Å². The van der Waals surface area contributed by atoms with Crippen LogP contribution in [0.3, 0.4) is 0 Å². The molecule has 0 aliphatic carbocycles. The van der Waals surface area contributed by atoms with E-state index in [-0.39, 0.29) is 12.6 Å². The van der Waals surface area contributed by atoms with Gasteiger partial charge in [-0.25, -0.2) is 9.59 Å². The highest BCUT2D eigenvalue weighted by atomic mass is 16.5. The molecule has 7 heteroatoms. The highest BCUT2D eigenvalue weighted by Crippen LogP contribution is 2.25. The van der Waals surface area contributed by atoms with E-state index in [2.05, 4.69) is 10.3 Å². The largest absolute Gasteiger partial charge is 0.480 e. The predicted octanol–water partition coefficient (Wildman–Crippen LogP) is 0.789. The van der Waals surface area contributed by atoms with Crippen LogP contribution in [0.15, 0.2) is 24.5 Å². The number of amides is 2. The van der Waals surface area contributed by atoms with Crippen molar-refractivity contribution < 1.29 is 19.4 Å². The lowest BCUT2D eigenvalue weighted by atomic mass is 9.97. The smallest absolute Gasteiger partial charge is 0.329 e. The van der Waals surface area contributed by atoms with Crippen molar-refractivity contribution in [2.75, 3.05) is 25.0 Å². The lowest BCUT2D eigenvalue weighted by molar-refractivity contribution is -0.159. The summed E-state index contributed by atoms with van der Waals surface area (Å²) in [4.78, 5) is 27.7. The van der Waals surface area contributed by atoms with E-state index < -0.39 is 11.6 Å². The van der Waals surface area contributed by atoms with Crippen LogP contribution < -0.4 is 5.32 Å². The zero-order valence-corrected chi connectivity index (χ0v) is 10.5. The van der Waals surface area contributed by atoms with Crippen molar-refractivity contribution in [1.29, 1.82) is 0 Å². The average Bonchev–Trinajstić information content (AvgIpc) is 2.34. The van der Waals surface area contributed by atoms with Gasteiger partial charge in [-0.2, -0.15) is 0 Å². The number of aliphatic carboxylic acids is 1. The number of urea groups is 1. The third-order valence-corrected chi connectivity index (χ3v) is 2.79. The van der Waals surface area contributed by atoms with E-state index >= 15 is 0 Å². The number of hydrogen-bond donors (Lipinski definition) is 2. The summed E-state index contributed by atoms with van der Waals surface area (Å²) in [6.07, 6.45) is 3.17. The Morgan fingerprint density at radius 3 is 2.89 bits per heavy atom. The molecule has 0 radical (unpaired) electrons. The quantitative estimate of drug-likeness (QED) is 0.839. The highest BCUT2D eigenvalue weighted by Gasteiger charge is 2.42. The van der Waals surface area contributed by atoms with Crippen LogP contribution in [0.25, 0.3) is 0 Å². The Labute approximate surface area is 110 Å². The van der Waals surface area contributed by atoms with Gasteiger partial charge in [0.05, 0.1) is 25.0 Å². The van der Waals surface area contributed by atoms with Gasteiger partial charge in [-0.15, -0.1) is 0 Å². The van der Waals surface area contributed by atoms with Crippen LogP contribution in [0.1, 0.15) is 6.92 Å². The molecule has 1 fully saturated rings. The maximum absolute atomic E-state index is 11.8. The Morgan fingerprint density at radius 1 is 1.58 bits per heavy atom. The lowest BCUT2D eigenvalue weighted by Crippen LogP contribution is -2.64. The number of carboxylic acid groups (broad SMARTS) is 1. The maximum Gasteiger partial charge on any atom is 0.329 e. The second-order valence-corrected chi connectivity index (χ2v) is 4.66. The summed E-state index contributed by atoms with van der Waals surface area (Å²) >= 11 is 0. The summed E-state index contributed by atoms with van der Waals surface area (Å²) in [6.45, 7) is 2.16. The van der Waals surface area contributed by atoms with Crippen molar-refractivity contribution in [3.05, 3.63) is 24.5 Å². The minimum absolute atomic E-state index is 0.246. The molecule has 1 aromatic heterocycles. The molecule has 0 unspecified atom stereocenters. The Balaban J connectivity index is 1.80. The van der Waals surface area contributed by atoms with Crippen molar-refractivity contribution >= 4 is 17.7 Å². The summed E-state index contributed by atoms with van der Waals surface area (Å²) in [5, 5.41) is 11.2. The highest BCUT2D eigenvalue weighted by molar-refractivity contribution is 5.89. The molecular weight excluding hydrogens is 250 g/mol. The second kappa shape index (κ2) is 5.23. The molecule has 1 aliphatic rings. The molecule has 0 saturated carbocycles. The molecule has 2 heterocycles. The zero-order chi connectivity index (χ0) is 13.9. The Hall–Kier alpha value is -2.15. The number of ether oxygens (including phenoxy) is 1. The molecule has 1 aliphatic heterocycles. The number of anilines is 1. The minimum Gasteiger partial charge on any atom is -0.480 e. The fraction of sp³-hybridized carbons (Fsp3) is 0.417. The standard InChI is InChI=1S/C12H15N3O4/c1-12(19-6-10(16)17)7-15(8-12)11(18)14-9-3-2-4-13-5-9/h2-5H,6-8H2,1H3,(H,14,18)(H,16,17). The van der Waals surface area contributed by atoms with E-state index in [1.165, 1.54) is 0 Å². The first-order valence-corrected chi connectivity index (χ1v) is 5.80. The summed E-state index contributed by atoms with van der Waals surface area (Å²) < 4.78 is 5.22. The van der Waals surface area contributed by atoms with Crippen molar-refractivity contribution in [2.45, 2.75) is 12.5 Å². The third kappa shape index (κ3) is 3.41. The zero-order valence-electron chi connectivity index (χ0n) is 10.5. The van der Waals surface area contributed by atoms with Gasteiger partial charge in [0.15, 0.2) is 0 Å². The molecule has 7 nitrogen and oxygen atoms in total. The molecule has 19 heavy (non-hydrogen) atoms. The van der Waals surface area contributed by atoms with Gasteiger partial charge in [0.1, 0.15) is 12.2 Å². The van der Waals surface area contributed by atoms with Crippen molar-refractivity contribution in [3.63, 3.8) is 0 Å². The SMILES string of the molecule is CC1(OCC(=O)O)CN(C(=O)Nc2cccnc2)C1. The summed E-state index contributed by atoms with van der Waals surface area (Å²) in [7, 11) is 0. The summed E-state index contributed by atoms with van der Waals surface area (Å²) in [5.41, 5.74) is 0.0394. The van der Waals surface area contributed by atoms with E-state index in [9.17, 15) is 9.59 Å². The first-order chi connectivity index (χ1) is 8.98. The van der Waals surface area contributed by atoms with E-state index in [1.807, 2.05) is 0 Å². The minimum atomic E-state index is -1.01. The van der Waals surface area contributed by atoms with Crippen LogP contribution in [-0.4, -0.2) is 52.3 Å². The molecular formula is C12H15N3O4. The van der Waals surface area contributed by atoms with Crippen LogP contribution >= 0.6 is 0 Å². The monoisotopic (exact) mass is 265 g/mol. The molecule has 2 amide bonds. The van der Waals surface area contributed by atoms with Gasteiger partial charge in [-0.05, 0) is 19.1 Å². The predicted molar refractivity (Wildman–Crippen MR) is 66.8 cm³/mol. The van der Waals surface area contributed by atoms with Gasteiger partial charge >= 0.3 is 12.0 Å². The van der Waals surface area contributed by atoms with Crippen LogP contribution in [0.2, 0.25) is 0 Å². The van der Waals surface area contributed by atoms with E-state index in [0.29, 0.717) is 18.8 Å². The van der Waals surface area contributed by atoms with E-state index in [0.717, 1.165) is 0 Å². The molecule has 0 spiro atoms. The third-order valence-electron chi connectivity index (χ3n) is 2.79. The number of likely N-dealkylation sites (tertiary alicyclic amines) is 1. The molecule has 2 N–H and O–H groups in total. The number of hydrogen-bond acceptors (Lipinski definition) is 4. The molecule has 102 valence electrons. The Morgan fingerprint density at radius 2 is 2.32 bits per heavy atom. The van der Waals surface area contributed by atoms with Gasteiger partial charge in [0.2, 0.25) is 0 Å².